The van der Waals surface area contributed by atoms with E-state index in [1.54, 1.807) is 78.1 Å². The second kappa shape index (κ2) is 41.6. The van der Waals surface area contributed by atoms with Crippen LogP contribution in [-0.2, 0) is 69.8 Å². The molecule has 150 heavy (non-hydrogen) atoms. The van der Waals surface area contributed by atoms with E-state index < -0.39 is 47.8 Å². The Morgan fingerprint density at radius 1 is 0.380 bits per heavy atom. The maximum atomic E-state index is 15.5. The molecule has 0 saturated carbocycles. The summed E-state index contributed by atoms with van der Waals surface area (Å²) in [6.07, 6.45) is 20.3. The summed E-state index contributed by atoms with van der Waals surface area (Å²) >= 11 is 6.38. The van der Waals surface area contributed by atoms with Crippen molar-refractivity contribution in [2.75, 3.05) is 82.9 Å². The largest absolute Gasteiger partial charge is 0.381 e. The zero-order valence-corrected chi connectivity index (χ0v) is 87.6. The minimum Gasteiger partial charge on any atom is -0.381 e. The molecule has 0 bridgehead atoms. The lowest BCUT2D eigenvalue weighted by molar-refractivity contribution is 0.0547. The minimum atomic E-state index is -3.58. The number of aryl methyl sites for hydroxylation is 6. The molecule has 24 rings (SSSR count). The lowest BCUT2D eigenvalue weighted by atomic mass is 9.86. The van der Waals surface area contributed by atoms with Gasteiger partial charge in [-0.25, -0.2) is 77.4 Å². The molecule has 4 saturated heterocycles. The number of benzene rings is 4. The lowest BCUT2D eigenvalue weighted by Crippen LogP contribution is -2.27. The highest BCUT2D eigenvalue weighted by molar-refractivity contribution is 7.92. The van der Waals surface area contributed by atoms with Crippen LogP contribution < -0.4 is 4.72 Å². The van der Waals surface area contributed by atoms with Crippen LogP contribution in [0.15, 0.2) is 228 Å². The van der Waals surface area contributed by atoms with Crippen LogP contribution in [0.5, 0.6) is 0 Å². The lowest BCUT2D eigenvalue weighted by Gasteiger charge is -2.33. The van der Waals surface area contributed by atoms with Gasteiger partial charge < -0.3 is 46.4 Å². The summed E-state index contributed by atoms with van der Waals surface area (Å²) in [5.41, 5.74) is 22.6. The Hall–Kier alpha value is -14.3. The molecule has 5 aliphatic heterocycles. The molecule has 19 aromatic rings. The zero-order valence-electron chi connectivity index (χ0n) is 84.4. The van der Waals surface area contributed by atoms with Gasteiger partial charge in [0.25, 0.3) is 0 Å². The molecule has 0 aliphatic carbocycles. The first kappa shape index (κ1) is 102. The van der Waals surface area contributed by atoms with E-state index in [2.05, 4.69) is 63.6 Å². The maximum absolute atomic E-state index is 15.5. The molecule has 4 atom stereocenters. The normalized spacial score (nSPS) is 16.3. The van der Waals surface area contributed by atoms with Gasteiger partial charge in [-0.15, -0.1) is 5.10 Å². The Balaban J connectivity index is 0.000000117. The van der Waals surface area contributed by atoms with Crippen LogP contribution in [-0.4, -0.2) is 201 Å². The third-order valence-electron chi connectivity index (χ3n) is 29.5. The van der Waals surface area contributed by atoms with Crippen molar-refractivity contribution >= 4 is 147 Å². The standard InChI is InChI=1S/C29H29FN4O3S.C28H29FN6O3S.C28H28FN5O3S.C26H24ClFN6O/c1-17-15-31-18(2)26(17)20-14-24-27(32-16-20)22-8-9-25(38(3,35)36)33-29(22)34(24)28(19-10-12-37-13-11-19)21-6-4-5-7-23(21)30;1-17-26(34(2)16-31-17)19-14-23-25(30-15-19)21-8-9-24(33-39(3,36)37)32-28(21)35(23)27(18-10-12-38-13-11-18)20-6-4-5-7-22(20)29;1-17-26(33(2)16-31-17)19-14-23-25(30-15-19)21-8-9-24(38(3,35)36)32-28(21)34(23)27(18-10-12-37-13-11-18)20-6-4-5-7-22(20)29;1-15-24(33(2)32-31-15)17-13-21-23(29-14-17)19-7-8-22(27)30-26(19)34(21)25(16-9-11-35-12-10-16)18-5-3-4-6-20(18)28/h4-9,14,16,19,28H,10-13,15H2,1-3H3;4-9,14-16,18,27H,10-13H2,1-3H3,(H,32,33);4-9,14-16,18,27H,10-13H2,1-3H3;3-8,13-14,16,25H,9-12H2,1-2H3/t28-;2*27-;25-/m0000/s1. The van der Waals surface area contributed by atoms with E-state index in [9.17, 15) is 25.3 Å². The van der Waals surface area contributed by atoms with E-state index in [1.165, 1.54) is 42.0 Å². The molecular formula is C111H110ClF4N21O10S3. The number of anilines is 1. The molecule has 0 spiro atoms. The number of aliphatic imine (C=N–C) groups is 1. The van der Waals surface area contributed by atoms with E-state index in [0.29, 0.717) is 131 Å². The summed E-state index contributed by atoms with van der Waals surface area (Å²) < 4.78 is 175. The number of pyridine rings is 8. The van der Waals surface area contributed by atoms with Crippen molar-refractivity contribution in [2.45, 2.75) is 120 Å². The molecule has 772 valence electrons. The topological polar surface area (TPSA) is 353 Å². The number of nitrogens with zero attached hydrogens (tertiary/aromatic N) is 20. The predicted octanol–water partition coefficient (Wildman–Crippen LogP) is 20.6. The second-order valence-electron chi connectivity index (χ2n) is 39.3. The van der Waals surface area contributed by atoms with Crippen LogP contribution in [0, 0.1) is 67.7 Å². The highest BCUT2D eigenvalue weighted by atomic mass is 35.5. The van der Waals surface area contributed by atoms with Gasteiger partial charge in [-0.2, -0.15) is 0 Å². The van der Waals surface area contributed by atoms with Gasteiger partial charge in [-0.05, 0) is 212 Å². The van der Waals surface area contributed by atoms with Crippen molar-refractivity contribution in [3.63, 3.8) is 0 Å². The van der Waals surface area contributed by atoms with E-state index in [0.717, 1.165) is 182 Å². The quantitative estimate of drug-likeness (QED) is 0.0547. The molecule has 1 N–H and O–H groups in total. The monoisotopic (exact) mass is 2100 g/mol. The SMILES string of the molecule is CC1=NCC(C)=C1c1cnc2c3ccc(S(C)(=O)=O)nc3n([C@H](c3ccccc3F)C3CCOCC3)c2c1.Cc1ncn(C)c1-c1cnc2c3ccc(NS(C)(=O)=O)nc3n([C@H](c3ccccc3F)C3CCOCC3)c2c1.Cc1ncn(C)c1-c1cnc2c3ccc(S(C)(=O)=O)nc3n([C@H](c3ccccc3F)C3CCOCC3)c2c1.Cc1nnn(C)c1-c1cnc2c3ccc(Cl)nc3n([C@H](c3ccccc3F)C3CCOCC3)c2c1. The van der Waals surface area contributed by atoms with Crippen LogP contribution in [0.2, 0.25) is 5.15 Å². The number of ether oxygens (including phenoxy) is 4. The minimum absolute atomic E-state index is 0.0223. The second-order valence-corrected chi connectivity index (χ2v) is 45.4. The third kappa shape index (κ3) is 19.6. The number of allylic oxidation sites excluding steroid dienone is 1. The Labute approximate surface area is 867 Å². The number of hydrogen-bond donors (Lipinski definition) is 1. The van der Waals surface area contributed by atoms with Crippen molar-refractivity contribution in [2.24, 2.45) is 49.8 Å². The number of halogens is 5. The van der Waals surface area contributed by atoms with Gasteiger partial charge in [0.1, 0.15) is 56.8 Å². The number of rotatable bonds is 20. The number of sulfonamides is 1. The Morgan fingerprint density at radius 3 is 1.01 bits per heavy atom. The summed E-state index contributed by atoms with van der Waals surface area (Å²) in [6.45, 7) is 15.3. The molecule has 31 nitrogen and oxygen atoms in total. The number of imidazole rings is 2. The predicted molar refractivity (Wildman–Crippen MR) is 571 cm³/mol. The first-order chi connectivity index (χ1) is 72.2. The molecule has 5 aliphatic rings. The molecule has 39 heteroatoms. The van der Waals surface area contributed by atoms with Gasteiger partial charge >= 0.3 is 0 Å². The fourth-order valence-corrected chi connectivity index (χ4v) is 24.5. The summed E-state index contributed by atoms with van der Waals surface area (Å²) in [5, 5.41) is 11.8. The van der Waals surface area contributed by atoms with Crippen LogP contribution in [0.4, 0.5) is 23.4 Å². The number of sulfone groups is 2. The molecule has 0 unspecified atom stereocenters. The third-order valence-corrected chi connectivity index (χ3v) is 32.2. The van der Waals surface area contributed by atoms with Crippen molar-refractivity contribution in [3.8, 4) is 33.8 Å². The summed E-state index contributed by atoms with van der Waals surface area (Å²) in [6, 6.07) is 47.7. The number of aromatic nitrogens is 19. The van der Waals surface area contributed by atoms with Gasteiger partial charge in [0, 0.05) is 189 Å². The van der Waals surface area contributed by atoms with Gasteiger partial charge in [0.05, 0.1) is 128 Å². The van der Waals surface area contributed by atoms with Crippen molar-refractivity contribution in [3.05, 3.63) is 286 Å². The summed E-state index contributed by atoms with van der Waals surface area (Å²) in [4.78, 5) is 51.6. The van der Waals surface area contributed by atoms with E-state index in [1.807, 2.05) is 157 Å². The van der Waals surface area contributed by atoms with Gasteiger partial charge in [-0.1, -0.05) is 89.6 Å². The van der Waals surface area contributed by atoms with E-state index in [4.69, 9.17) is 60.5 Å². The van der Waals surface area contributed by atoms with Crippen LogP contribution >= 0.6 is 11.6 Å². The molecule has 20 heterocycles. The smallest absolute Gasteiger partial charge is 0.230 e. The molecule has 0 radical (unpaired) electrons. The van der Waals surface area contributed by atoms with Crippen molar-refractivity contribution in [1.29, 1.82) is 0 Å². The van der Waals surface area contributed by atoms with Crippen molar-refractivity contribution in [1.82, 2.24) is 92.2 Å². The average Bonchev–Trinajstić information content (AvgIpc) is 1.60. The fourth-order valence-electron chi connectivity index (χ4n) is 22.7. The molecule has 4 fully saturated rings. The highest BCUT2D eigenvalue weighted by Crippen LogP contribution is 2.49. The van der Waals surface area contributed by atoms with Crippen LogP contribution in [0.3, 0.4) is 0 Å². The Kier molecular flexibility index (Phi) is 28.2. The number of hydrogen-bond acceptors (Lipinski definition) is 23. The average molecular weight is 2110 g/mol. The molecular weight excluding hydrogens is 2000 g/mol. The molecule has 0 amide bonds. The Morgan fingerprint density at radius 2 is 0.700 bits per heavy atom. The van der Waals surface area contributed by atoms with Crippen LogP contribution in [0.25, 0.3) is 128 Å². The maximum Gasteiger partial charge on any atom is 0.230 e. The van der Waals surface area contributed by atoms with Gasteiger partial charge in [-0.3, -0.25) is 29.7 Å². The molecule has 15 aromatic heterocycles. The van der Waals surface area contributed by atoms with Gasteiger partial charge in [0.2, 0.25) is 10.0 Å². The van der Waals surface area contributed by atoms with E-state index >= 15 is 17.6 Å². The fraction of sp³-hybridized carbons (Fsp3) is 0.324. The zero-order chi connectivity index (χ0) is 105. The van der Waals surface area contributed by atoms with Gasteiger partial charge in [0.15, 0.2) is 29.7 Å². The number of nitrogens with one attached hydrogen (secondary N) is 1. The van der Waals surface area contributed by atoms with E-state index in [-0.39, 0.29) is 68.9 Å². The molecule has 4 aromatic carbocycles. The highest BCUT2D eigenvalue weighted by Gasteiger charge is 2.40. The van der Waals surface area contributed by atoms with Crippen molar-refractivity contribution < 1.29 is 61.8 Å². The Bertz CT molecular complexity index is 8890. The first-order valence-electron chi connectivity index (χ1n) is 49.8. The summed E-state index contributed by atoms with van der Waals surface area (Å²) in [5.74, 6) is -0.653. The summed E-state index contributed by atoms with van der Waals surface area (Å²) in [7, 11) is -4.98. The number of fused-ring (bicyclic) bond motifs is 12. The van der Waals surface area contributed by atoms with Crippen LogP contribution in [0.1, 0.15) is 134 Å². The first-order valence-corrected chi connectivity index (χ1v) is 55.9.